The molecule has 0 aliphatic rings. The van der Waals surface area contributed by atoms with Crippen LogP contribution in [0.15, 0.2) is 24.3 Å². The number of benzene rings is 1. The van der Waals surface area contributed by atoms with E-state index < -0.39 is 11.6 Å². The second-order valence-corrected chi connectivity index (χ2v) is 4.07. The van der Waals surface area contributed by atoms with Gasteiger partial charge in [0.05, 0.1) is 6.54 Å². The number of hydrogen-bond acceptors (Lipinski definition) is 4. The maximum Gasteiger partial charge on any atom is 0.347 e. The number of carbonyl (C=O) groups is 2. The molecule has 5 nitrogen and oxygen atoms in total. The van der Waals surface area contributed by atoms with Crippen molar-refractivity contribution in [1.29, 1.82) is 0 Å². The van der Waals surface area contributed by atoms with Gasteiger partial charge in [0.15, 0.2) is 11.4 Å². The third-order valence-corrected chi connectivity index (χ3v) is 2.25. The fraction of sp³-hybridized carbons (Fsp3) is 0.333. The minimum absolute atomic E-state index is 0. The van der Waals surface area contributed by atoms with Crippen molar-refractivity contribution < 1.29 is 19.4 Å². The van der Waals surface area contributed by atoms with Crippen LogP contribution in [-0.4, -0.2) is 29.0 Å². The molecule has 0 aromatic heterocycles. The number of ether oxygens (including phenoxy) is 1. The summed E-state index contributed by atoms with van der Waals surface area (Å²) in [6.45, 7) is 2.85. The molecule has 1 aromatic rings. The Balaban J connectivity index is 0.00000289. The van der Waals surface area contributed by atoms with Crippen LogP contribution >= 0.6 is 12.4 Å². The Morgan fingerprint density at radius 1 is 1.28 bits per heavy atom. The van der Waals surface area contributed by atoms with Gasteiger partial charge in [-0.25, -0.2) is 4.79 Å². The number of Topliss-reactive ketones (excluding diaryl/α,β-unsaturated/α-hetero) is 1. The minimum Gasteiger partial charge on any atom is -0.478 e. The third kappa shape index (κ3) is 4.01. The second kappa shape index (κ2) is 6.37. The van der Waals surface area contributed by atoms with E-state index in [0.29, 0.717) is 11.3 Å². The number of carbonyl (C=O) groups excluding carboxylic acids is 1. The average Bonchev–Trinajstić information content (AvgIpc) is 2.28. The first-order valence-electron chi connectivity index (χ1n) is 5.12. The minimum atomic E-state index is -1.31. The quantitative estimate of drug-likeness (QED) is 0.794. The normalized spacial score (nSPS) is 10.4. The number of ketones is 1. The Labute approximate surface area is 111 Å². The fourth-order valence-electron chi connectivity index (χ4n) is 1.17. The van der Waals surface area contributed by atoms with Gasteiger partial charge in [-0.3, -0.25) is 4.79 Å². The molecule has 0 saturated carbocycles. The molecule has 0 fully saturated rings. The van der Waals surface area contributed by atoms with Crippen LogP contribution < -0.4 is 10.5 Å². The van der Waals surface area contributed by atoms with Crippen LogP contribution in [0.2, 0.25) is 0 Å². The number of rotatable bonds is 5. The number of halogens is 1. The van der Waals surface area contributed by atoms with Gasteiger partial charge >= 0.3 is 5.97 Å². The average molecular weight is 274 g/mol. The summed E-state index contributed by atoms with van der Waals surface area (Å²) in [6, 6.07) is 6.21. The number of aliphatic carboxylic acids is 1. The molecule has 1 aromatic carbocycles. The van der Waals surface area contributed by atoms with E-state index in [0.717, 1.165) is 0 Å². The highest BCUT2D eigenvalue weighted by Gasteiger charge is 2.29. The molecule has 0 radical (unpaired) electrons. The van der Waals surface area contributed by atoms with Crippen LogP contribution in [0.1, 0.15) is 24.2 Å². The smallest absolute Gasteiger partial charge is 0.347 e. The van der Waals surface area contributed by atoms with Crippen LogP contribution in [0, 0.1) is 0 Å². The molecule has 1 rings (SSSR count). The zero-order valence-electron chi connectivity index (χ0n) is 10.2. The molecule has 6 heteroatoms. The molecule has 0 saturated heterocycles. The lowest BCUT2D eigenvalue weighted by molar-refractivity contribution is -0.152. The van der Waals surface area contributed by atoms with E-state index in [4.69, 9.17) is 15.6 Å². The second-order valence-electron chi connectivity index (χ2n) is 4.07. The predicted molar refractivity (Wildman–Crippen MR) is 69.4 cm³/mol. The Morgan fingerprint density at radius 2 is 1.78 bits per heavy atom. The lowest BCUT2D eigenvalue weighted by Crippen LogP contribution is -2.37. The third-order valence-electron chi connectivity index (χ3n) is 2.25. The number of carboxylic acid groups (broad SMARTS) is 1. The molecule has 0 unspecified atom stereocenters. The van der Waals surface area contributed by atoms with Gasteiger partial charge in [-0.1, -0.05) is 0 Å². The maximum atomic E-state index is 11.3. The molecular formula is C12H16ClNO4. The topological polar surface area (TPSA) is 89.6 Å². The molecule has 3 N–H and O–H groups in total. The summed E-state index contributed by atoms with van der Waals surface area (Å²) in [6.07, 6.45) is 0. The standard InChI is InChI=1S/C12H15NO4.ClH/c1-12(2,11(15)16)17-9-5-3-8(4-6-9)10(14)7-13;/h3-6H,7,13H2,1-2H3,(H,15,16);1H. The first-order valence-corrected chi connectivity index (χ1v) is 5.12. The Hall–Kier alpha value is -1.59. The molecule has 0 amide bonds. The lowest BCUT2D eigenvalue weighted by Gasteiger charge is -2.21. The van der Waals surface area contributed by atoms with Crippen LogP contribution in [0.25, 0.3) is 0 Å². The van der Waals surface area contributed by atoms with E-state index in [1.54, 1.807) is 24.3 Å². The van der Waals surface area contributed by atoms with Crippen molar-refractivity contribution in [1.82, 2.24) is 0 Å². The van der Waals surface area contributed by atoms with Gasteiger partial charge in [0.2, 0.25) is 0 Å². The van der Waals surface area contributed by atoms with Gasteiger partial charge < -0.3 is 15.6 Å². The van der Waals surface area contributed by atoms with Gasteiger partial charge in [0.25, 0.3) is 0 Å². The predicted octanol–water partition coefficient (Wildman–Crippen LogP) is 1.49. The Morgan fingerprint density at radius 3 is 2.17 bits per heavy atom. The first-order chi connectivity index (χ1) is 7.86. The summed E-state index contributed by atoms with van der Waals surface area (Å²) < 4.78 is 5.29. The molecule has 100 valence electrons. The highest BCUT2D eigenvalue weighted by molar-refractivity contribution is 5.97. The van der Waals surface area contributed by atoms with Crippen molar-refractivity contribution in [2.24, 2.45) is 5.73 Å². The van der Waals surface area contributed by atoms with Gasteiger partial charge in [-0.15, -0.1) is 12.4 Å². The molecular weight excluding hydrogens is 258 g/mol. The number of hydrogen-bond donors (Lipinski definition) is 2. The maximum absolute atomic E-state index is 11.3. The van der Waals surface area contributed by atoms with Crippen molar-refractivity contribution >= 4 is 24.2 Å². The molecule has 0 spiro atoms. The van der Waals surface area contributed by atoms with E-state index in [2.05, 4.69) is 0 Å². The van der Waals surface area contributed by atoms with Crippen molar-refractivity contribution in [3.63, 3.8) is 0 Å². The summed E-state index contributed by atoms with van der Waals surface area (Å²) in [5.74, 6) is -0.834. The van der Waals surface area contributed by atoms with Crippen LogP contribution in [-0.2, 0) is 4.79 Å². The molecule has 0 aliphatic carbocycles. The van der Waals surface area contributed by atoms with Crippen molar-refractivity contribution in [3.8, 4) is 5.75 Å². The SMILES string of the molecule is CC(C)(Oc1ccc(C(=O)CN)cc1)C(=O)O.Cl. The van der Waals surface area contributed by atoms with E-state index in [-0.39, 0.29) is 24.7 Å². The highest BCUT2D eigenvalue weighted by atomic mass is 35.5. The summed E-state index contributed by atoms with van der Waals surface area (Å²) in [7, 11) is 0. The lowest BCUT2D eigenvalue weighted by atomic mass is 10.1. The van der Waals surface area contributed by atoms with Gasteiger partial charge in [0, 0.05) is 5.56 Å². The van der Waals surface area contributed by atoms with Crippen LogP contribution in [0.3, 0.4) is 0 Å². The zero-order chi connectivity index (χ0) is 13.1. The van der Waals surface area contributed by atoms with E-state index in [1.807, 2.05) is 0 Å². The van der Waals surface area contributed by atoms with Crippen molar-refractivity contribution in [3.05, 3.63) is 29.8 Å². The van der Waals surface area contributed by atoms with E-state index >= 15 is 0 Å². The summed E-state index contributed by atoms with van der Waals surface area (Å²) >= 11 is 0. The van der Waals surface area contributed by atoms with Crippen LogP contribution in [0.5, 0.6) is 5.75 Å². The molecule has 0 aliphatic heterocycles. The largest absolute Gasteiger partial charge is 0.478 e. The Bertz CT molecular complexity index is 428. The van der Waals surface area contributed by atoms with E-state index in [1.165, 1.54) is 13.8 Å². The molecule has 18 heavy (non-hydrogen) atoms. The highest BCUT2D eigenvalue weighted by Crippen LogP contribution is 2.19. The van der Waals surface area contributed by atoms with Gasteiger partial charge in [-0.2, -0.15) is 0 Å². The summed E-state index contributed by atoms with van der Waals surface area (Å²) in [5, 5.41) is 8.89. The van der Waals surface area contributed by atoms with Crippen molar-refractivity contribution in [2.45, 2.75) is 19.4 Å². The Kier molecular flexibility index (Phi) is 5.81. The number of carboxylic acids is 1. The summed E-state index contributed by atoms with van der Waals surface area (Å²) in [5.41, 5.74) is 4.40. The summed E-state index contributed by atoms with van der Waals surface area (Å²) in [4.78, 5) is 22.1. The monoisotopic (exact) mass is 273 g/mol. The first kappa shape index (κ1) is 16.4. The van der Waals surface area contributed by atoms with Gasteiger partial charge in [-0.05, 0) is 38.1 Å². The van der Waals surface area contributed by atoms with Gasteiger partial charge in [0.1, 0.15) is 5.75 Å². The van der Waals surface area contributed by atoms with Crippen molar-refractivity contribution in [2.75, 3.05) is 6.54 Å². The van der Waals surface area contributed by atoms with Crippen LogP contribution in [0.4, 0.5) is 0 Å². The molecule has 0 heterocycles. The molecule has 0 atom stereocenters. The van der Waals surface area contributed by atoms with E-state index in [9.17, 15) is 9.59 Å². The zero-order valence-corrected chi connectivity index (χ0v) is 11.0. The number of nitrogens with two attached hydrogens (primary N) is 1. The fourth-order valence-corrected chi connectivity index (χ4v) is 1.17. The molecule has 0 bridgehead atoms.